The largest absolute Gasteiger partial charge is 0.294 e. The molecule has 0 saturated heterocycles. The SMILES string of the molecule is CC1CCN(C(=O)c2cnccn2)N=C1c1ccccc1. The van der Waals surface area contributed by atoms with E-state index in [0.29, 0.717) is 18.2 Å². The van der Waals surface area contributed by atoms with Gasteiger partial charge in [-0.05, 0) is 12.0 Å². The van der Waals surface area contributed by atoms with Crippen molar-refractivity contribution in [3.05, 3.63) is 60.2 Å². The first kappa shape index (κ1) is 13.4. The van der Waals surface area contributed by atoms with E-state index >= 15 is 0 Å². The molecule has 0 bridgehead atoms. The zero-order valence-corrected chi connectivity index (χ0v) is 11.8. The molecule has 0 N–H and O–H groups in total. The van der Waals surface area contributed by atoms with E-state index in [1.54, 1.807) is 6.20 Å². The second-order valence-electron chi connectivity index (χ2n) is 5.06. The van der Waals surface area contributed by atoms with Gasteiger partial charge in [0.2, 0.25) is 0 Å². The Morgan fingerprint density at radius 2 is 2.05 bits per heavy atom. The first-order valence-corrected chi connectivity index (χ1v) is 6.97. The number of hydrazone groups is 1. The van der Waals surface area contributed by atoms with Crippen LogP contribution in [0.1, 0.15) is 29.4 Å². The smallest absolute Gasteiger partial charge is 0.265 e. The zero-order chi connectivity index (χ0) is 14.7. The van der Waals surface area contributed by atoms with Gasteiger partial charge in [-0.1, -0.05) is 37.3 Å². The summed E-state index contributed by atoms with van der Waals surface area (Å²) in [6.45, 7) is 2.74. The maximum atomic E-state index is 12.4. The van der Waals surface area contributed by atoms with Crippen LogP contribution in [0.5, 0.6) is 0 Å². The third-order valence-electron chi connectivity index (χ3n) is 3.56. The lowest BCUT2D eigenvalue weighted by molar-refractivity contribution is 0.0738. The van der Waals surface area contributed by atoms with Crippen LogP contribution in [0, 0.1) is 5.92 Å². The Labute approximate surface area is 123 Å². The van der Waals surface area contributed by atoms with Crippen molar-refractivity contribution in [2.24, 2.45) is 11.0 Å². The molecule has 106 valence electrons. The number of carbonyl (C=O) groups excluding carboxylic acids is 1. The highest BCUT2D eigenvalue weighted by Gasteiger charge is 2.25. The summed E-state index contributed by atoms with van der Waals surface area (Å²) in [6, 6.07) is 9.97. The molecule has 1 aliphatic heterocycles. The lowest BCUT2D eigenvalue weighted by Crippen LogP contribution is -2.36. The van der Waals surface area contributed by atoms with Crippen LogP contribution >= 0.6 is 0 Å². The van der Waals surface area contributed by atoms with Gasteiger partial charge < -0.3 is 0 Å². The van der Waals surface area contributed by atoms with Gasteiger partial charge in [0.05, 0.1) is 11.9 Å². The minimum atomic E-state index is -0.205. The van der Waals surface area contributed by atoms with Crippen LogP contribution in [-0.2, 0) is 0 Å². The molecule has 2 aromatic rings. The Morgan fingerprint density at radius 3 is 2.76 bits per heavy atom. The highest BCUT2D eigenvalue weighted by Crippen LogP contribution is 2.20. The van der Waals surface area contributed by atoms with E-state index in [-0.39, 0.29) is 5.91 Å². The number of carbonyl (C=O) groups is 1. The summed E-state index contributed by atoms with van der Waals surface area (Å²) in [5, 5.41) is 6.03. The summed E-state index contributed by atoms with van der Waals surface area (Å²) in [7, 11) is 0. The summed E-state index contributed by atoms with van der Waals surface area (Å²) in [5.41, 5.74) is 2.32. The van der Waals surface area contributed by atoms with Crippen LogP contribution in [0.4, 0.5) is 0 Å². The Hall–Kier alpha value is -2.56. The lowest BCUT2D eigenvalue weighted by atomic mass is 9.94. The molecule has 1 aromatic carbocycles. The molecular weight excluding hydrogens is 264 g/mol. The molecule has 0 saturated carbocycles. The average molecular weight is 280 g/mol. The van der Waals surface area contributed by atoms with Crippen molar-refractivity contribution < 1.29 is 4.79 Å². The van der Waals surface area contributed by atoms with Gasteiger partial charge in [-0.2, -0.15) is 5.10 Å². The topological polar surface area (TPSA) is 58.5 Å². The Kier molecular flexibility index (Phi) is 3.73. The molecule has 21 heavy (non-hydrogen) atoms. The molecule has 1 aliphatic rings. The number of hydrogen-bond acceptors (Lipinski definition) is 4. The van der Waals surface area contributed by atoms with Gasteiger partial charge in [0.25, 0.3) is 5.91 Å². The maximum Gasteiger partial charge on any atom is 0.294 e. The summed E-state index contributed by atoms with van der Waals surface area (Å²) < 4.78 is 0. The fourth-order valence-electron chi connectivity index (χ4n) is 2.37. The molecule has 1 atom stereocenters. The fourth-order valence-corrected chi connectivity index (χ4v) is 2.37. The maximum absolute atomic E-state index is 12.4. The van der Waals surface area contributed by atoms with E-state index in [0.717, 1.165) is 17.7 Å². The van der Waals surface area contributed by atoms with Crippen LogP contribution in [-0.4, -0.2) is 33.1 Å². The van der Waals surface area contributed by atoms with Gasteiger partial charge in [-0.15, -0.1) is 0 Å². The molecule has 0 aliphatic carbocycles. The molecule has 0 fully saturated rings. The van der Waals surface area contributed by atoms with Crippen LogP contribution in [0.2, 0.25) is 0 Å². The van der Waals surface area contributed by atoms with Crippen molar-refractivity contribution in [1.29, 1.82) is 0 Å². The van der Waals surface area contributed by atoms with Gasteiger partial charge in [0, 0.05) is 24.9 Å². The number of aromatic nitrogens is 2. The first-order chi connectivity index (χ1) is 10.3. The van der Waals surface area contributed by atoms with Crippen LogP contribution < -0.4 is 0 Å². The fraction of sp³-hybridized carbons (Fsp3) is 0.250. The minimum Gasteiger partial charge on any atom is -0.265 e. The predicted molar refractivity (Wildman–Crippen MR) is 79.8 cm³/mol. The quantitative estimate of drug-likeness (QED) is 0.848. The summed E-state index contributed by atoms with van der Waals surface area (Å²) in [6.07, 6.45) is 5.42. The number of benzene rings is 1. The van der Waals surface area contributed by atoms with Gasteiger partial charge in [0.1, 0.15) is 5.69 Å². The van der Waals surface area contributed by atoms with Crippen molar-refractivity contribution in [2.45, 2.75) is 13.3 Å². The second-order valence-corrected chi connectivity index (χ2v) is 5.06. The lowest BCUT2D eigenvalue weighted by Gasteiger charge is -2.27. The van der Waals surface area contributed by atoms with Gasteiger partial charge >= 0.3 is 0 Å². The Balaban J connectivity index is 1.91. The molecule has 2 heterocycles. The van der Waals surface area contributed by atoms with Crippen LogP contribution in [0.15, 0.2) is 54.0 Å². The van der Waals surface area contributed by atoms with Crippen LogP contribution in [0.25, 0.3) is 0 Å². The molecular formula is C16H16N4O. The standard InChI is InChI=1S/C16H16N4O/c1-12-7-10-20(16(21)14-11-17-8-9-18-14)19-15(12)13-5-3-2-4-6-13/h2-6,8-9,11-12H,7,10H2,1H3. The van der Waals surface area contributed by atoms with E-state index in [9.17, 15) is 4.79 Å². The Bertz CT molecular complexity index is 654. The molecule has 1 aromatic heterocycles. The van der Waals surface area contributed by atoms with Crippen molar-refractivity contribution in [3.8, 4) is 0 Å². The highest BCUT2D eigenvalue weighted by molar-refractivity contribution is 6.03. The summed E-state index contributed by atoms with van der Waals surface area (Å²) in [4.78, 5) is 20.4. The minimum absolute atomic E-state index is 0.205. The predicted octanol–water partition coefficient (Wildman–Crippen LogP) is 2.36. The number of rotatable bonds is 2. The van der Waals surface area contributed by atoms with Crippen molar-refractivity contribution in [2.75, 3.05) is 6.54 Å². The zero-order valence-electron chi connectivity index (χ0n) is 11.8. The van der Waals surface area contributed by atoms with Crippen molar-refractivity contribution in [1.82, 2.24) is 15.0 Å². The summed E-state index contributed by atoms with van der Waals surface area (Å²) >= 11 is 0. The molecule has 1 unspecified atom stereocenters. The molecule has 1 amide bonds. The van der Waals surface area contributed by atoms with E-state index < -0.39 is 0 Å². The second kappa shape index (κ2) is 5.83. The van der Waals surface area contributed by atoms with Crippen molar-refractivity contribution >= 4 is 11.6 Å². The van der Waals surface area contributed by atoms with Gasteiger partial charge in [-0.25, -0.2) is 9.99 Å². The average Bonchev–Trinajstić information content (AvgIpc) is 2.56. The van der Waals surface area contributed by atoms with E-state index in [2.05, 4.69) is 22.0 Å². The monoisotopic (exact) mass is 280 g/mol. The third-order valence-corrected chi connectivity index (χ3v) is 3.56. The molecule has 0 spiro atoms. The number of hydrogen-bond donors (Lipinski definition) is 0. The molecule has 3 rings (SSSR count). The highest BCUT2D eigenvalue weighted by atomic mass is 16.2. The van der Waals surface area contributed by atoms with Gasteiger partial charge in [-0.3, -0.25) is 9.78 Å². The van der Waals surface area contributed by atoms with Gasteiger partial charge in [0.15, 0.2) is 0 Å². The van der Waals surface area contributed by atoms with Crippen LogP contribution in [0.3, 0.4) is 0 Å². The summed E-state index contributed by atoms with van der Waals surface area (Å²) in [5.74, 6) is 0.127. The van der Waals surface area contributed by atoms with E-state index in [1.807, 2.05) is 30.3 Å². The normalized spacial score (nSPS) is 18.2. The molecule has 0 radical (unpaired) electrons. The van der Waals surface area contributed by atoms with Crippen molar-refractivity contribution in [3.63, 3.8) is 0 Å². The number of amides is 1. The first-order valence-electron chi connectivity index (χ1n) is 6.97. The molecule has 5 nitrogen and oxygen atoms in total. The van der Waals surface area contributed by atoms with E-state index in [4.69, 9.17) is 0 Å². The number of nitrogens with zero attached hydrogens (tertiary/aromatic N) is 4. The molecule has 5 heteroatoms. The third kappa shape index (κ3) is 2.81. The van der Waals surface area contributed by atoms with E-state index in [1.165, 1.54) is 17.4 Å². The Morgan fingerprint density at radius 1 is 1.24 bits per heavy atom.